The van der Waals surface area contributed by atoms with Gasteiger partial charge in [-0.2, -0.15) is 4.31 Å². The number of benzene rings is 2. The molecule has 0 N–H and O–H groups in total. The number of carbonyl (C=O) groups is 1. The number of hydrogen-bond acceptors (Lipinski definition) is 7. The van der Waals surface area contributed by atoms with Crippen molar-refractivity contribution in [3.63, 3.8) is 0 Å². The van der Waals surface area contributed by atoms with E-state index in [-0.39, 0.29) is 29.6 Å². The summed E-state index contributed by atoms with van der Waals surface area (Å²) < 4.78 is 34.2. The van der Waals surface area contributed by atoms with E-state index >= 15 is 0 Å². The second-order valence-corrected chi connectivity index (χ2v) is 10.3. The fourth-order valence-electron chi connectivity index (χ4n) is 3.64. The van der Waals surface area contributed by atoms with Gasteiger partial charge in [0.1, 0.15) is 5.75 Å². The predicted molar refractivity (Wildman–Crippen MR) is 125 cm³/mol. The molecule has 1 aliphatic rings. The smallest absolute Gasteiger partial charge is 0.243 e. The molecule has 1 amide bonds. The molecular formula is C22H25N5O4S2. The molecule has 0 aliphatic carbocycles. The van der Waals surface area contributed by atoms with Crippen LogP contribution in [-0.4, -0.2) is 77.3 Å². The molecule has 1 aromatic heterocycles. The third kappa shape index (κ3) is 4.90. The van der Waals surface area contributed by atoms with Gasteiger partial charge in [0.2, 0.25) is 15.9 Å². The molecule has 1 saturated heterocycles. The number of para-hydroxylation sites is 1. The SMILES string of the molecule is COc1ccccc1-c1nnc(SCC(=O)N2CCN(S(=O)(=O)c3ccccc3)CC2)n1C. The van der Waals surface area contributed by atoms with Crippen LogP contribution < -0.4 is 4.74 Å². The Morgan fingerprint density at radius 1 is 1.00 bits per heavy atom. The van der Waals surface area contributed by atoms with Crippen LogP contribution in [0.15, 0.2) is 64.6 Å². The van der Waals surface area contributed by atoms with Crippen molar-refractivity contribution >= 4 is 27.7 Å². The summed E-state index contributed by atoms with van der Waals surface area (Å²) in [6.45, 7) is 1.26. The zero-order chi connectivity index (χ0) is 23.4. The number of thioether (sulfide) groups is 1. The minimum atomic E-state index is -3.54. The summed E-state index contributed by atoms with van der Waals surface area (Å²) in [7, 11) is -0.0886. The van der Waals surface area contributed by atoms with Gasteiger partial charge in [0.05, 0.1) is 23.3 Å². The Bertz CT molecular complexity index is 1220. The molecule has 1 fully saturated rings. The van der Waals surface area contributed by atoms with E-state index in [1.165, 1.54) is 16.1 Å². The number of methoxy groups -OCH3 is 1. The van der Waals surface area contributed by atoms with Crippen molar-refractivity contribution in [1.82, 2.24) is 24.0 Å². The van der Waals surface area contributed by atoms with Crippen LogP contribution >= 0.6 is 11.8 Å². The normalized spacial score (nSPS) is 14.9. The maximum absolute atomic E-state index is 12.8. The van der Waals surface area contributed by atoms with Crippen LogP contribution in [-0.2, 0) is 21.9 Å². The lowest BCUT2D eigenvalue weighted by molar-refractivity contribution is -0.129. The summed E-state index contributed by atoms with van der Waals surface area (Å²) in [6, 6.07) is 15.9. The third-order valence-corrected chi connectivity index (χ3v) is 8.40. The zero-order valence-corrected chi connectivity index (χ0v) is 20.1. The molecule has 2 heterocycles. The van der Waals surface area contributed by atoms with Crippen molar-refractivity contribution in [3.8, 4) is 17.1 Å². The van der Waals surface area contributed by atoms with E-state index in [9.17, 15) is 13.2 Å². The van der Waals surface area contributed by atoms with E-state index in [0.29, 0.717) is 29.8 Å². The lowest BCUT2D eigenvalue weighted by Gasteiger charge is -2.34. The van der Waals surface area contributed by atoms with Crippen molar-refractivity contribution in [2.75, 3.05) is 39.0 Å². The molecule has 0 spiro atoms. The molecule has 0 bridgehead atoms. The van der Waals surface area contributed by atoms with Crippen molar-refractivity contribution in [3.05, 3.63) is 54.6 Å². The highest BCUT2D eigenvalue weighted by Gasteiger charge is 2.30. The van der Waals surface area contributed by atoms with Crippen molar-refractivity contribution in [2.45, 2.75) is 10.1 Å². The summed E-state index contributed by atoms with van der Waals surface area (Å²) in [5.74, 6) is 1.49. The number of piperazine rings is 1. The fraction of sp³-hybridized carbons (Fsp3) is 0.318. The van der Waals surface area contributed by atoms with Crippen molar-refractivity contribution in [1.29, 1.82) is 0 Å². The quantitative estimate of drug-likeness (QED) is 0.471. The van der Waals surface area contributed by atoms with E-state index in [4.69, 9.17) is 4.74 Å². The van der Waals surface area contributed by atoms with E-state index in [1.54, 1.807) is 42.3 Å². The van der Waals surface area contributed by atoms with Crippen LogP contribution in [0.4, 0.5) is 0 Å². The molecule has 0 unspecified atom stereocenters. The number of sulfonamides is 1. The number of nitrogens with zero attached hydrogens (tertiary/aromatic N) is 5. The van der Waals surface area contributed by atoms with Gasteiger partial charge in [0, 0.05) is 33.2 Å². The fourth-order valence-corrected chi connectivity index (χ4v) is 5.90. The number of carbonyl (C=O) groups excluding carboxylic acids is 1. The summed E-state index contributed by atoms with van der Waals surface area (Å²) in [6.07, 6.45) is 0. The van der Waals surface area contributed by atoms with Gasteiger partial charge in [-0.25, -0.2) is 8.42 Å². The van der Waals surface area contributed by atoms with Crippen LogP contribution in [0.5, 0.6) is 5.75 Å². The van der Waals surface area contributed by atoms with Crippen LogP contribution in [0.1, 0.15) is 0 Å². The van der Waals surface area contributed by atoms with Gasteiger partial charge < -0.3 is 14.2 Å². The zero-order valence-electron chi connectivity index (χ0n) is 18.4. The highest BCUT2D eigenvalue weighted by Crippen LogP contribution is 2.30. The van der Waals surface area contributed by atoms with Gasteiger partial charge in [-0.1, -0.05) is 42.1 Å². The topological polar surface area (TPSA) is 97.6 Å². The van der Waals surface area contributed by atoms with Gasteiger partial charge >= 0.3 is 0 Å². The van der Waals surface area contributed by atoms with Crippen LogP contribution in [0.3, 0.4) is 0 Å². The van der Waals surface area contributed by atoms with Gasteiger partial charge in [-0.3, -0.25) is 4.79 Å². The summed E-state index contributed by atoms with van der Waals surface area (Å²) in [4.78, 5) is 14.7. The average molecular weight is 488 g/mol. The first-order valence-corrected chi connectivity index (χ1v) is 12.8. The first-order chi connectivity index (χ1) is 15.9. The molecule has 33 heavy (non-hydrogen) atoms. The van der Waals surface area contributed by atoms with Gasteiger partial charge in [-0.05, 0) is 24.3 Å². The van der Waals surface area contributed by atoms with E-state index in [1.807, 2.05) is 35.9 Å². The molecule has 0 atom stereocenters. The Hall–Kier alpha value is -2.89. The summed E-state index contributed by atoms with van der Waals surface area (Å²) in [5.41, 5.74) is 0.823. The second-order valence-electron chi connectivity index (χ2n) is 7.45. The molecule has 4 rings (SSSR count). The molecule has 174 valence electrons. The van der Waals surface area contributed by atoms with E-state index < -0.39 is 10.0 Å². The Kier molecular flexibility index (Phi) is 7.01. The predicted octanol–water partition coefficient (Wildman–Crippen LogP) is 2.12. The second kappa shape index (κ2) is 9.94. The van der Waals surface area contributed by atoms with Crippen LogP contribution in [0.25, 0.3) is 11.4 Å². The Balaban J connectivity index is 1.35. The maximum Gasteiger partial charge on any atom is 0.243 e. The minimum Gasteiger partial charge on any atom is -0.496 e. The lowest BCUT2D eigenvalue weighted by atomic mass is 10.2. The molecule has 2 aromatic carbocycles. The van der Waals surface area contributed by atoms with Crippen molar-refractivity contribution < 1.29 is 17.9 Å². The van der Waals surface area contributed by atoms with E-state index in [0.717, 1.165) is 5.56 Å². The highest BCUT2D eigenvalue weighted by molar-refractivity contribution is 7.99. The number of rotatable bonds is 7. The molecular weight excluding hydrogens is 462 g/mol. The highest BCUT2D eigenvalue weighted by atomic mass is 32.2. The van der Waals surface area contributed by atoms with Gasteiger partial charge in [0.15, 0.2) is 11.0 Å². The minimum absolute atomic E-state index is 0.0569. The largest absolute Gasteiger partial charge is 0.496 e. The van der Waals surface area contributed by atoms with E-state index in [2.05, 4.69) is 10.2 Å². The number of ether oxygens (including phenoxy) is 1. The standard InChI is InChI=1S/C22H25N5O4S2/c1-25-21(18-10-6-7-11-19(18)31-2)23-24-22(25)32-16-20(28)26-12-14-27(15-13-26)33(29,30)17-8-4-3-5-9-17/h3-11H,12-16H2,1-2H3. The Labute approximate surface area is 197 Å². The summed E-state index contributed by atoms with van der Waals surface area (Å²) in [5, 5.41) is 9.11. The van der Waals surface area contributed by atoms with Crippen molar-refractivity contribution in [2.24, 2.45) is 7.05 Å². The molecule has 1 aliphatic heterocycles. The Morgan fingerprint density at radius 2 is 1.67 bits per heavy atom. The Morgan fingerprint density at radius 3 is 2.36 bits per heavy atom. The third-order valence-electron chi connectivity index (χ3n) is 5.48. The lowest BCUT2D eigenvalue weighted by Crippen LogP contribution is -2.50. The number of hydrogen-bond donors (Lipinski definition) is 0. The molecule has 3 aromatic rings. The average Bonchev–Trinajstić information content (AvgIpc) is 3.23. The molecule has 0 saturated carbocycles. The molecule has 9 nitrogen and oxygen atoms in total. The maximum atomic E-state index is 12.8. The number of amides is 1. The monoisotopic (exact) mass is 487 g/mol. The van der Waals surface area contributed by atoms with Crippen LogP contribution in [0, 0.1) is 0 Å². The first-order valence-electron chi connectivity index (χ1n) is 10.4. The molecule has 0 radical (unpaired) electrons. The number of aromatic nitrogens is 3. The van der Waals surface area contributed by atoms with Crippen LogP contribution in [0.2, 0.25) is 0 Å². The first kappa shape index (κ1) is 23.3. The summed E-state index contributed by atoms with van der Waals surface area (Å²) >= 11 is 1.31. The van der Waals surface area contributed by atoms with Gasteiger partial charge in [-0.15, -0.1) is 10.2 Å². The van der Waals surface area contributed by atoms with Gasteiger partial charge in [0.25, 0.3) is 0 Å². The molecule has 11 heteroatoms.